The summed E-state index contributed by atoms with van der Waals surface area (Å²) >= 11 is 0. The maximum Gasteiger partial charge on any atom is 0.242 e. The van der Waals surface area contributed by atoms with Crippen LogP contribution in [0.3, 0.4) is 0 Å². The van der Waals surface area contributed by atoms with Gasteiger partial charge < -0.3 is 15.0 Å². The molecule has 0 saturated heterocycles. The van der Waals surface area contributed by atoms with Gasteiger partial charge in [-0.25, -0.2) is 0 Å². The van der Waals surface area contributed by atoms with Crippen LogP contribution in [-0.2, 0) is 4.79 Å². The van der Waals surface area contributed by atoms with E-state index in [9.17, 15) is 10.1 Å². The van der Waals surface area contributed by atoms with Gasteiger partial charge in [-0.3, -0.25) is 4.79 Å². The number of hydrogen-bond donors (Lipinski definition) is 1. The number of likely N-dealkylation sites (N-methyl/N-ethyl adjacent to an activating group) is 1. The van der Waals surface area contributed by atoms with E-state index in [4.69, 9.17) is 4.74 Å². The van der Waals surface area contributed by atoms with Gasteiger partial charge in [0.25, 0.3) is 0 Å². The van der Waals surface area contributed by atoms with E-state index in [0.717, 1.165) is 56.4 Å². The van der Waals surface area contributed by atoms with Crippen molar-refractivity contribution in [2.75, 3.05) is 18.9 Å². The summed E-state index contributed by atoms with van der Waals surface area (Å²) in [7, 11) is 1.76. The maximum absolute atomic E-state index is 12.6. The molecule has 140 valence electrons. The van der Waals surface area contributed by atoms with Crippen LogP contribution in [0.4, 0.5) is 5.69 Å². The zero-order valence-electron chi connectivity index (χ0n) is 15.7. The summed E-state index contributed by atoms with van der Waals surface area (Å²) in [6, 6.07) is 10.2. The lowest BCUT2D eigenvalue weighted by atomic mass is 9.81. The minimum absolute atomic E-state index is 0.0458. The topological polar surface area (TPSA) is 65.4 Å². The van der Waals surface area contributed by atoms with E-state index in [2.05, 4.69) is 11.4 Å². The molecule has 1 N–H and O–H groups in total. The summed E-state index contributed by atoms with van der Waals surface area (Å²) in [6.07, 6.45) is 9.77. The fraction of sp³-hybridized carbons (Fsp3) is 0.619. The molecule has 3 rings (SSSR count). The van der Waals surface area contributed by atoms with Gasteiger partial charge in [0.1, 0.15) is 11.3 Å². The van der Waals surface area contributed by atoms with E-state index in [1.807, 2.05) is 24.3 Å². The third kappa shape index (κ3) is 4.30. The van der Waals surface area contributed by atoms with E-state index in [1.54, 1.807) is 11.9 Å². The van der Waals surface area contributed by atoms with Crippen molar-refractivity contribution in [2.45, 2.75) is 69.4 Å². The SMILES string of the molecule is CN(C(=O)CNc1cccc(OC2CCCC2)c1)C1(C#N)CCCCC1. The molecule has 0 bridgehead atoms. The molecule has 2 saturated carbocycles. The molecule has 26 heavy (non-hydrogen) atoms. The van der Waals surface area contributed by atoms with Crippen LogP contribution in [0.15, 0.2) is 24.3 Å². The van der Waals surface area contributed by atoms with Crippen molar-refractivity contribution < 1.29 is 9.53 Å². The van der Waals surface area contributed by atoms with Crippen molar-refractivity contribution in [1.29, 1.82) is 5.26 Å². The van der Waals surface area contributed by atoms with E-state index in [0.29, 0.717) is 6.10 Å². The Bertz CT molecular complexity index is 655. The highest BCUT2D eigenvalue weighted by Gasteiger charge is 2.38. The molecule has 2 aliphatic carbocycles. The number of nitriles is 1. The summed E-state index contributed by atoms with van der Waals surface area (Å²) in [6.45, 7) is 0.187. The Morgan fingerprint density at radius 1 is 1.27 bits per heavy atom. The third-order valence-electron chi connectivity index (χ3n) is 5.79. The van der Waals surface area contributed by atoms with E-state index in [-0.39, 0.29) is 12.5 Å². The molecule has 0 unspecified atom stereocenters. The highest BCUT2D eigenvalue weighted by molar-refractivity contribution is 5.82. The lowest BCUT2D eigenvalue weighted by Gasteiger charge is -2.39. The van der Waals surface area contributed by atoms with Gasteiger partial charge in [-0.05, 0) is 50.7 Å². The number of anilines is 1. The zero-order chi connectivity index (χ0) is 18.4. The monoisotopic (exact) mass is 355 g/mol. The zero-order valence-corrected chi connectivity index (χ0v) is 15.7. The number of hydrogen-bond acceptors (Lipinski definition) is 4. The van der Waals surface area contributed by atoms with Gasteiger partial charge in [0.15, 0.2) is 0 Å². The number of rotatable bonds is 6. The molecule has 0 spiro atoms. The normalized spacial score (nSPS) is 19.5. The molecule has 1 aromatic carbocycles. The van der Waals surface area contributed by atoms with Gasteiger partial charge in [0, 0.05) is 18.8 Å². The van der Waals surface area contributed by atoms with E-state index >= 15 is 0 Å². The van der Waals surface area contributed by atoms with Crippen LogP contribution >= 0.6 is 0 Å². The smallest absolute Gasteiger partial charge is 0.242 e. The van der Waals surface area contributed by atoms with Crippen LogP contribution < -0.4 is 10.1 Å². The number of carbonyl (C=O) groups excluding carboxylic acids is 1. The Hall–Kier alpha value is -2.22. The van der Waals surface area contributed by atoms with E-state index in [1.165, 1.54) is 12.8 Å². The summed E-state index contributed by atoms with van der Waals surface area (Å²) in [5, 5.41) is 12.8. The van der Waals surface area contributed by atoms with Crippen molar-refractivity contribution in [2.24, 2.45) is 0 Å². The number of carbonyl (C=O) groups is 1. The molecule has 5 nitrogen and oxygen atoms in total. The van der Waals surface area contributed by atoms with Crippen LogP contribution in [0.1, 0.15) is 57.8 Å². The summed E-state index contributed by atoms with van der Waals surface area (Å²) in [4.78, 5) is 14.3. The van der Waals surface area contributed by atoms with Gasteiger partial charge in [-0.15, -0.1) is 0 Å². The summed E-state index contributed by atoms with van der Waals surface area (Å²) < 4.78 is 6.02. The minimum atomic E-state index is -0.634. The standard InChI is InChI=1S/C21H29N3O2/c1-24(21(16-22)12-5-2-6-13-21)20(25)15-23-17-8-7-11-19(14-17)26-18-9-3-4-10-18/h7-8,11,14,18,23H,2-6,9-10,12-13,15H2,1H3. The summed E-state index contributed by atoms with van der Waals surface area (Å²) in [5.74, 6) is 0.805. The molecular weight excluding hydrogens is 326 g/mol. The molecule has 0 atom stereocenters. The molecule has 0 heterocycles. The first kappa shape index (κ1) is 18.6. The summed E-state index contributed by atoms with van der Waals surface area (Å²) in [5.41, 5.74) is 0.238. The van der Waals surface area contributed by atoms with E-state index < -0.39 is 5.54 Å². The first-order valence-electron chi connectivity index (χ1n) is 9.81. The molecule has 1 amide bonds. The maximum atomic E-state index is 12.6. The first-order chi connectivity index (χ1) is 12.6. The van der Waals surface area contributed by atoms with Gasteiger partial charge in [0.05, 0.1) is 18.7 Å². The second kappa shape index (κ2) is 8.44. The fourth-order valence-corrected chi connectivity index (χ4v) is 4.07. The van der Waals surface area contributed by atoms with Crippen molar-refractivity contribution in [1.82, 2.24) is 4.90 Å². The van der Waals surface area contributed by atoms with Crippen molar-refractivity contribution in [3.63, 3.8) is 0 Å². The van der Waals surface area contributed by atoms with Crippen LogP contribution in [0.5, 0.6) is 5.75 Å². The Kier molecular flexibility index (Phi) is 6.03. The number of benzene rings is 1. The Morgan fingerprint density at radius 2 is 2.00 bits per heavy atom. The Balaban J connectivity index is 1.56. The second-order valence-electron chi connectivity index (χ2n) is 7.56. The molecule has 5 heteroatoms. The van der Waals surface area contributed by atoms with Gasteiger partial charge in [0.2, 0.25) is 5.91 Å². The minimum Gasteiger partial charge on any atom is -0.490 e. The molecule has 2 aliphatic rings. The van der Waals surface area contributed by atoms with Gasteiger partial charge in [-0.2, -0.15) is 5.26 Å². The average molecular weight is 355 g/mol. The van der Waals surface area contributed by atoms with Crippen LogP contribution in [0.2, 0.25) is 0 Å². The highest BCUT2D eigenvalue weighted by Crippen LogP contribution is 2.32. The van der Waals surface area contributed by atoms with Crippen LogP contribution in [0, 0.1) is 11.3 Å². The number of amides is 1. The van der Waals surface area contributed by atoms with Crippen molar-refractivity contribution in [3.05, 3.63) is 24.3 Å². The van der Waals surface area contributed by atoms with Crippen LogP contribution in [-0.4, -0.2) is 36.0 Å². The Labute approximate surface area is 156 Å². The lowest BCUT2D eigenvalue weighted by molar-refractivity contribution is -0.132. The first-order valence-corrected chi connectivity index (χ1v) is 9.81. The molecule has 2 fully saturated rings. The predicted octanol–water partition coefficient (Wildman–Crippen LogP) is 4.10. The van der Waals surface area contributed by atoms with Gasteiger partial charge >= 0.3 is 0 Å². The molecule has 0 aliphatic heterocycles. The van der Waals surface area contributed by atoms with Crippen molar-refractivity contribution in [3.8, 4) is 11.8 Å². The third-order valence-corrected chi connectivity index (χ3v) is 5.79. The Morgan fingerprint density at radius 3 is 2.69 bits per heavy atom. The average Bonchev–Trinajstić information content (AvgIpc) is 3.19. The van der Waals surface area contributed by atoms with Gasteiger partial charge in [-0.1, -0.05) is 25.3 Å². The molecular formula is C21H29N3O2. The predicted molar refractivity (Wildman–Crippen MR) is 102 cm³/mol. The number of nitrogens with one attached hydrogen (secondary N) is 1. The highest BCUT2D eigenvalue weighted by atomic mass is 16.5. The molecule has 0 aromatic heterocycles. The van der Waals surface area contributed by atoms with Crippen molar-refractivity contribution >= 4 is 11.6 Å². The lowest BCUT2D eigenvalue weighted by Crippen LogP contribution is -2.51. The molecule has 1 aromatic rings. The number of nitrogens with zero attached hydrogens (tertiary/aromatic N) is 2. The number of ether oxygens (including phenoxy) is 1. The second-order valence-corrected chi connectivity index (χ2v) is 7.56. The van der Waals surface area contributed by atoms with Crippen LogP contribution in [0.25, 0.3) is 0 Å². The quantitative estimate of drug-likeness (QED) is 0.834. The molecule has 0 radical (unpaired) electrons. The largest absolute Gasteiger partial charge is 0.490 e. The fourth-order valence-electron chi connectivity index (χ4n) is 4.07.